The van der Waals surface area contributed by atoms with E-state index in [2.05, 4.69) is 9.14 Å². The Labute approximate surface area is 34.0 Å². The van der Waals surface area contributed by atoms with Crippen LogP contribution in [0.4, 0.5) is 0 Å². The molecule has 0 rings (SSSR count). The monoisotopic (exact) mass is 70.1 g/mol. The van der Waals surface area contributed by atoms with Crippen LogP contribution in [0.15, 0.2) is 0 Å². The van der Waals surface area contributed by atoms with E-state index in [0.717, 1.165) is 0 Å². The van der Waals surface area contributed by atoms with Crippen LogP contribution in [0, 0.1) is 0 Å². The molecule has 26 valence electrons. The fourth-order valence-corrected chi connectivity index (χ4v) is 0.118. The van der Waals surface area contributed by atoms with Crippen LogP contribution in [0.1, 0.15) is 0 Å². The van der Waals surface area contributed by atoms with Gasteiger partial charge in [-0.2, -0.15) is 0 Å². The Balaban J connectivity index is 2.19. The smallest absolute Gasteiger partial charge is 0.406 e. The molecule has 0 aliphatic rings. The SMILES string of the molecule is BOBOB. The summed E-state index contributed by atoms with van der Waals surface area (Å²) in [6.07, 6.45) is 0. The average molecular weight is 69.5 g/mol. The fraction of sp³-hybridized carbons (Fsp3) is 0. The van der Waals surface area contributed by atoms with E-state index in [-0.39, 0.29) is 0 Å². The van der Waals surface area contributed by atoms with Gasteiger partial charge in [-0.1, -0.05) is 0 Å². The van der Waals surface area contributed by atoms with Crippen molar-refractivity contribution >= 4 is 23.8 Å². The molecule has 0 fully saturated rings. The lowest BCUT2D eigenvalue weighted by atomic mass is 10.3. The molecule has 0 unspecified atom stereocenters. The van der Waals surface area contributed by atoms with Crippen LogP contribution in [0.5, 0.6) is 0 Å². The maximum Gasteiger partial charge on any atom is 0.406 e. The van der Waals surface area contributed by atoms with Gasteiger partial charge in [-0.3, -0.25) is 0 Å². The van der Waals surface area contributed by atoms with Gasteiger partial charge in [0.15, 0.2) is 0 Å². The molecule has 5 heteroatoms. The summed E-state index contributed by atoms with van der Waals surface area (Å²) in [5.41, 5.74) is 0. The largest absolute Gasteiger partial charge is 0.484 e. The Kier molecular flexibility index (Phi) is 4.21. The Bertz CT molecular complexity index is 12.4. The first-order chi connectivity index (χ1) is 2.41. The second-order valence-electron chi connectivity index (χ2n) is 0.695. The molecular weight excluding hydrogens is 64.4 g/mol. The maximum absolute atomic E-state index is 4.47. The van der Waals surface area contributed by atoms with Gasteiger partial charge in [0.05, 0.1) is 0 Å². The van der Waals surface area contributed by atoms with E-state index in [1.165, 1.54) is 0 Å². The van der Waals surface area contributed by atoms with Crippen molar-refractivity contribution in [2.45, 2.75) is 0 Å². The lowest BCUT2D eigenvalue weighted by Crippen LogP contribution is -1.96. The molecule has 0 heterocycles. The van der Waals surface area contributed by atoms with Crippen molar-refractivity contribution in [1.82, 2.24) is 0 Å². The minimum Gasteiger partial charge on any atom is -0.484 e. The second-order valence-corrected chi connectivity index (χ2v) is 0.695. The van der Waals surface area contributed by atoms with Crippen molar-refractivity contribution in [1.29, 1.82) is 0 Å². The molecule has 5 heavy (non-hydrogen) atoms. The van der Waals surface area contributed by atoms with Crippen molar-refractivity contribution in [3.05, 3.63) is 0 Å². The second kappa shape index (κ2) is 4.11. The fourth-order valence-electron chi connectivity index (χ4n) is 0.118. The minimum atomic E-state index is 0.389. The lowest BCUT2D eigenvalue weighted by Gasteiger charge is -1.85. The molecule has 0 aliphatic heterocycles. The van der Waals surface area contributed by atoms with E-state index in [1.54, 1.807) is 16.1 Å². The molecule has 0 atom stereocenters. The molecule has 0 saturated heterocycles. The Morgan fingerprint density at radius 3 is 1.60 bits per heavy atom. The van der Waals surface area contributed by atoms with Crippen LogP contribution >= 0.6 is 0 Å². The number of hydrogen-bond acceptors (Lipinski definition) is 2. The van der Waals surface area contributed by atoms with Gasteiger partial charge in [-0.25, -0.2) is 0 Å². The number of hydrogen-bond donors (Lipinski definition) is 0. The highest BCUT2D eigenvalue weighted by atomic mass is 16.5. The van der Waals surface area contributed by atoms with Crippen LogP contribution in [0.3, 0.4) is 0 Å². The average Bonchev–Trinajstić information content (AvgIpc) is 1.41. The lowest BCUT2D eigenvalue weighted by molar-refractivity contribution is 0.513. The first-order valence-electron chi connectivity index (χ1n) is 1.39. The minimum absolute atomic E-state index is 0.389. The Morgan fingerprint density at radius 1 is 1.20 bits per heavy atom. The summed E-state index contributed by atoms with van der Waals surface area (Å²) < 4.78 is 8.94. The van der Waals surface area contributed by atoms with E-state index in [0.29, 0.717) is 7.69 Å². The van der Waals surface area contributed by atoms with E-state index in [1.807, 2.05) is 0 Å². The third-order valence-electron chi connectivity index (χ3n) is 0.236. The van der Waals surface area contributed by atoms with Crippen molar-refractivity contribution in [2.24, 2.45) is 0 Å². The molecule has 0 spiro atoms. The summed E-state index contributed by atoms with van der Waals surface area (Å²) in [7, 11) is 3.56. The van der Waals surface area contributed by atoms with Crippen LogP contribution in [-0.2, 0) is 9.14 Å². The van der Waals surface area contributed by atoms with Crippen molar-refractivity contribution in [3.8, 4) is 0 Å². The van der Waals surface area contributed by atoms with Crippen molar-refractivity contribution < 1.29 is 9.14 Å². The summed E-state index contributed by atoms with van der Waals surface area (Å²) in [5, 5.41) is 0. The molecule has 0 aromatic carbocycles. The quantitative estimate of drug-likeness (QED) is 0.331. The molecule has 0 amide bonds. The van der Waals surface area contributed by atoms with Gasteiger partial charge in [0.1, 0.15) is 0 Å². The predicted octanol–water partition coefficient (Wildman–Crippen LogP) is -2.62. The van der Waals surface area contributed by atoms with Crippen LogP contribution < -0.4 is 0 Å². The van der Waals surface area contributed by atoms with Gasteiger partial charge >= 0.3 is 7.69 Å². The Hall–Kier alpha value is 0.115. The molecular formula is H5B3O2. The highest BCUT2D eigenvalue weighted by Crippen LogP contribution is 1.52. The van der Waals surface area contributed by atoms with Crippen LogP contribution in [0.25, 0.3) is 0 Å². The first kappa shape index (κ1) is 5.11. The van der Waals surface area contributed by atoms with Gasteiger partial charge in [-0.05, 0) is 0 Å². The third-order valence-corrected chi connectivity index (χ3v) is 0.236. The molecule has 0 aliphatic carbocycles. The first-order valence-corrected chi connectivity index (χ1v) is 1.39. The van der Waals surface area contributed by atoms with Crippen LogP contribution in [-0.4, -0.2) is 23.8 Å². The molecule has 0 aromatic heterocycles. The Morgan fingerprint density at radius 2 is 1.60 bits per heavy atom. The molecule has 0 N–H and O–H groups in total. The summed E-state index contributed by atoms with van der Waals surface area (Å²) in [4.78, 5) is 0. The van der Waals surface area contributed by atoms with Crippen molar-refractivity contribution in [2.75, 3.05) is 0 Å². The highest BCUT2D eigenvalue weighted by Gasteiger charge is 1.72. The van der Waals surface area contributed by atoms with E-state index < -0.39 is 0 Å². The zero-order valence-corrected chi connectivity index (χ0v) is 3.52. The third kappa shape index (κ3) is 4.11. The molecule has 0 saturated carbocycles. The summed E-state index contributed by atoms with van der Waals surface area (Å²) in [5.74, 6) is 0. The summed E-state index contributed by atoms with van der Waals surface area (Å²) in [6, 6.07) is 0. The highest BCUT2D eigenvalue weighted by molar-refractivity contribution is 6.33. The predicted molar refractivity (Wildman–Crippen MR) is 26.4 cm³/mol. The van der Waals surface area contributed by atoms with Gasteiger partial charge in [0.25, 0.3) is 0 Å². The summed E-state index contributed by atoms with van der Waals surface area (Å²) >= 11 is 0. The van der Waals surface area contributed by atoms with Gasteiger partial charge in [0.2, 0.25) is 16.1 Å². The van der Waals surface area contributed by atoms with Gasteiger partial charge < -0.3 is 9.14 Å². The van der Waals surface area contributed by atoms with Crippen LogP contribution in [0.2, 0.25) is 0 Å². The standard InChI is InChI=1S/B3H5O2/c1-4-3-5-2/h3H,1-2H2. The zero-order chi connectivity index (χ0) is 4.12. The van der Waals surface area contributed by atoms with E-state index in [9.17, 15) is 0 Å². The summed E-state index contributed by atoms with van der Waals surface area (Å²) in [6.45, 7) is 0. The molecule has 0 bridgehead atoms. The maximum atomic E-state index is 4.47. The van der Waals surface area contributed by atoms with Gasteiger partial charge in [0, 0.05) is 0 Å². The number of rotatable bonds is 2. The van der Waals surface area contributed by atoms with E-state index >= 15 is 0 Å². The topological polar surface area (TPSA) is 18.5 Å². The van der Waals surface area contributed by atoms with E-state index in [4.69, 9.17) is 0 Å². The van der Waals surface area contributed by atoms with Gasteiger partial charge in [-0.15, -0.1) is 0 Å². The molecule has 0 aromatic rings. The molecule has 0 radical (unpaired) electrons. The zero-order valence-electron chi connectivity index (χ0n) is 3.52. The van der Waals surface area contributed by atoms with Crippen molar-refractivity contribution in [3.63, 3.8) is 0 Å². The normalized spacial score (nSPS) is 7.20. The molecule has 2 nitrogen and oxygen atoms in total.